The van der Waals surface area contributed by atoms with Crippen LogP contribution >= 0.6 is 11.5 Å². The topological polar surface area (TPSA) is 62.5 Å². The highest BCUT2D eigenvalue weighted by Crippen LogP contribution is 2.20. The third-order valence-corrected chi connectivity index (χ3v) is 4.34. The van der Waals surface area contributed by atoms with Gasteiger partial charge in [-0.1, -0.05) is 13.8 Å². The molecule has 2 rings (SSSR count). The molecule has 0 aromatic carbocycles. The van der Waals surface area contributed by atoms with Crippen LogP contribution in [0.25, 0.3) is 0 Å². The maximum atomic E-state index is 12.3. The summed E-state index contributed by atoms with van der Waals surface area (Å²) in [5.74, 6) is 1.60. The van der Waals surface area contributed by atoms with Gasteiger partial charge in [0, 0.05) is 32.1 Å². The Hall–Kier alpha value is -1.14. The van der Waals surface area contributed by atoms with Gasteiger partial charge in [0.15, 0.2) is 0 Å². The van der Waals surface area contributed by atoms with E-state index in [9.17, 15) is 4.79 Å². The van der Waals surface area contributed by atoms with Gasteiger partial charge in [-0.15, -0.1) is 0 Å². The SMILES string of the molecule is CC(C)CN1CC[C@@H](CN(C)C(=O)c2csnc2N)C1. The van der Waals surface area contributed by atoms with Crippen molar-refractivity contribution in [3.63, 3.8) is 0 Å². The second kappa shape index (κ2) is 6.54. The Morgan fingerprint density at radius 2 is 2.40 bits per heavy atom. The Labute approximate surface area is 124 Å². The summed E-state index contributed by atoms with van der Waals surface area (Å²) in [4.78, 5) is 16.5. The van der Waals surface area contributed by atoms with Gasteiger partial charge in [-0.25, -0.2) is 0 Å². The molecule has 0 aliphatic carbocycles. The maximum Gasteiger partial charge on any atom is 0.258 e. The fourth-order valence-electron chi connectivity index (χ4n) is 2.83. The van der Waals surface area contributed by atoms with Crippen LogP contribution in [0.1, 0.15) is 30.6 Å². The predicted molar refractivity (Wildman–Crippen MR) is 82.9 cm³/mol. The van der Waals surface area contributed by atoms with Gasteiger partial charge in [0.05, 0.1) is 5.56 Å². The monoisotopic (exact) mass is 296 g/mol. The summed E-state index contributed by atoms with van der Waals surface area (Å²) >= 11 is 1.23. The fraction of sp³-hybridized carbons (Fsp3) is 0.714. The minimum absolute atomic E-state index is 0.0152. The van der Waals surface area contributed by atoms with Crippen LogP contribution in [0, 0.1) is 11.8 Å². The lowest BCUT2D eigenvalue weighted by Crippen LogP contribution is -2.33. The van der Waals surface area contributed by atoms with Crippen LogP contribution in [-0.4, -0.2) is 53.3 Å². The lowest BCUT2D eigenvalue weighted by Gasteiger charge is -2.22. The first kappa shape index (κ1) is 15.3. The summed E-state index contributed by atoms with van der Waals surface area (Å²) in [6.07, 6.45) is 1.17. The van der Waals surface area contributed by atoms with Crippen molar-refractivity contribution < 1.29 is 4.79 Å². The molecule has 0 saturated carbocycles. The zero-order valence-corrected chi connectivity index (χ0v) is 13.3. The molecule has 112 valence electrons. The van der Waals surface area contributed by atoms with Gasteiger partial charge < -0.3 is 15.5 Å². The molecule has 2 N–H and O–H groups in total. The van der Waals surface area contributed by atoms with Crippen LogP contribution in [-0.2, 0) is 0 Å². The van der Waals surface area contributed by atoms with E-state index < -0.39 is 0 Å². The average molecular weight is 296 g/mol. The molecule has 1 fully saturated rings. The molecule has 20 heavy (non-hydrogen) atoms. The minimum atomic E-state index is -0.0152. The number of nitrogen functional groups attached to an aromatic ring is 1. The number of hydrogen-bond acceptors (Lipinski definition) is 5. The molecule has 0 spiro atoms. The molecule has 0 unspecified atom stereocenters. The van der Waals surface area contributed by atoms with Gasteiger partial charge >= 0.3 is 0 Å². The zero-order valence-electron chi connectivity index (χ0n) is 12.5. The summed E-state index contributed by atoms with van der Waals surface area (Å²) in [6.45, 7) is 8.67. The first-order valence-corrected chi connectivity index (χ1v) is 7.98. The number of likely N-dealkylation sites (tertiary alicyclic amines) is 1. The fourth-order valence-corrected chi connectivity index (χ4v) is 3.42. The van der Waals surface area contributed by atoms with E-state index in [1.807, 2.05) is 7.05 Å². The number of carbonyl (C=O) groups is 1. The molecule has 6 heteroatoms. The summed E-state index contributed by atoms with van der Waals surface area (Å²) in [6, 6.07) is 0. The molecule has 0 radical (unpaired) electrons. The average Bonchev–Trinajstić information content (AvgIpc) is 2.97. The van der Waals surface area contributed by atoms with Gasteiger partial charge in [-0.3, -0.25) is 4.79 Å². The standard InChI is InChI=1S/C14H24N4OS/c1-10(2)6-18-5-4-11(8-18)7-17(3)14(19)12-9-20-16-13(12)15/h9-11H,4-8H2,1-3H3,(H2,15,16)/t11-/m0/s1. The Bertz CT molecular complexity index is 460. The summed E-state index contributed by atoms with van der Waals surface area (Å²) < 4.78 is 3.96. The third-order valence-electron chi connectivity index (χ3n) is 3.70. The molecular weight excluding hydrogens is 272 g/mol. The van der Waals surface area contributed by atoms with E-state index in [0.717, 1.165) is 26.2 Å². The molecular formula is C14H24N4OS. The van der Waals surface area contributed by atoms with E-state index in [4.69, 9.17) is 5.73 Å². The minimum Gasteiger partial charge on any atom is -0.382 e. The van der Waals surface area contributed by atoms with Crippen LogP contribution < -0.4 is 5.73 Å². The van der Waals surface area contributed by atoms with E-state index >= 15 is 0 Å². The summed E-state index contributed by atoms with van der Waals surface area (Å²) in [5.41, 5.74) is 6.24. The molecule has 1 atom stereocenters. The second-order valence-electron chi connectivity index (χ2n) is 6.11. The van der Waals surface area contributed by atoms with Crippen LogP contribution in [0.15, 0.2) is 5.38 Å². The molecule has 1 amide bonds. The summed E-state index contributed by atoms with van der Waals surface area (Å²) in [7, 11) is 1.85. The van der Waals surface area contributed by atoms with Gasteiger partial charge in [0.2, 0.25) is 0 Å². The van der Waals surface area contributed by atoms with Crippen LogP contribution in [0.2, 0.25) is 0 Å². The van der Waals surface area contributed by atoms with Crippen molar-refractivity contribution in [3.8, 4) is 0 Å². The number of amides is 1. The smallest absolute Gasteiger partial charge is 0.258 e. The highest BCUT2D eigenvalue weighted by atomic mass is 32.1. The maximum absolute atomic E-state index is 12.3. The van der Waals surface area contributed by atoms with Crippen LogP contribution in [0.4, 0.5) is 5.82 Å². The molecule has 1 aliphatic rings. The lowest BCUT2D eigenvalue weighted by atomic mass is 10.1. The van der Waals surface area contributed by atoms with Gasteiger partial charge in [0.1, 0.15) is 5.82 Å². The van der Waals surface area contributed by atoms with E-state index in [0.29, 0.717) is 23.2 Å². The molecule has 1 saturated heterocycles. The van der Waals surface area contributed by atoms with Crippen molar-refractivity contribution in [2.45, 2.75) is 20.3 Å². The number of anilines is 1. The largest absolute Gasteiger partial charge is 0.382 e. The van der Waals surface area contributed by atoms with Crippen molar-refractivity contribution in [2.75, 3.05) is 39.0 Å². The summed E-state index contributed by atoms with van der Waals surface area (Å²) in [5, 5.41) is 1.73. The molecule has 5 nitrogen and oxygen atoms in total. The Balaban J connectivity index is 1.85. The van der Waals surface area contributed by atoms with Gasteiger partial charge in [0.25, 0.3) is 5.91 Å². The van der Waals surface area contributed by atoms with Crippen LogP contribution in [0.3, 0.4) is 0 Å². The van der Waals surface area contributed by atoms with Gasteiger partial charge in [-0.05, 0) is 36.3 Å². The van der Waals surface area contributed by atoms with Crippen molar-refractivity contribution in [3.05, 3.63) is 10.9 Å². The van der Waals surface area contributed by atoms with Crippen molar-refractivity contribution in [2.24, 2.45) is 11.8 Å². The highest BCUT2D eigenvalue weighted by Gasteiger charge is 2.26. The number of carbonyl (C=O) groups excluding carboxylic acids is 1. The molecule has 2 heterocycles. The third kappa shape index (κ3) is 3.70. The van der Waals surface area contributed by atoms with E-state index in [2.05, 4.69) is 23.1 Å². The number of nitrogens with zero attached hydrogens (tertiary/aromatic N) is 3. The Kier molecular flexibility index (Phi) is 4.99. The first-order chi connectivity index (χ1) is 9.47. The number of hydrogen-bond donors (Lipinski definition) is 1. The van der Waals surface area contributed by atoms with E-state index in [1.165, 1.54) is 18.0 Å². The van der Waals surface area contributed by atoms with E-state index in [1.54, 1.807) is 10.3 Å². The number of aromatic nitrogens is 1. The lowest BCUT2D eigenvalue weighted by molar-refractivity contribution is 0.0774. The van der Waals surface area contributed by atoms with Crippen molar-refractivity contribution in [1.29, 1.82) is 0 Å². The zero-order chi connectivity index (χ0) is 14.7. The normalized spacial score (nSPS) is 19.7. The van der Waals surface area contributed by atoms with Crippen molar-refractivity contribution in [1.82, 2.24) is 14.2 Å². The number of rotatable bonds is 5. The van der Waals surface area contributed by atoms with Crippen LogP contribution in [0.5, 0.6) is 0 Å². The Morgan fingerprint density at radius 3 is 3.00 bits per heavy atom. The highest BCUT2D eigenvalue weighted by molar-refractivity contribution is 7.04. The second-order valence-corrected chi connectivity index (χ2v) is 6.74. The first-order valence-electron chi connectivity index (χ1n) is 7.15. The van der Waals surface area contributed by atoms with Crippen molar-refractivity contribution >= 4 is 23.3 Å². The molecule has 1 aromatic heterocycles. The quantitative estimate of drug-likeness (QED) is 0.899. The number of nitrogens with two attached hydrogens (primary N) is 1. The van der Waals surface area contributed by atoms with Gasteiger partial charge in [-0.2, -0.15) is 4.37 Å². The molecule has 1 aliphatic heterocycles. The molecule has 0 bridgehead atoms. The Morgan fingerprint density at radius 1 is 1.65 bits per heavy atom. The molecule has 1 aromatic rings. The predicted octanol–water partition coefficient (Wildman–Crippen LogP) is 1.78. The van der Waals surface area contributed by atoms with E-state index in [-0.39, 0.29) is 5.91 Å².